The molecule has 0 aromatic carbocycles. The highest BCUT2D eigenvalue weighted by atomic mass is 16.4. The molecule has 1 rings (SSSR count). The van der Waals surface area contributed by atoms with E-state index in [4.69, 9.17) is 0 Å². The van der Waals surface area contributed by atoms with Crippen LogP contribution >= 0.6 is 0 Å². The summed E-state index contributed by atoms with van der Waals surface area (Å²) in [5, 5.41) is 9.35. The van der Waals surface area contributed by atoms with Crippen LogP contribution in [-0.4, -0.2) is 59.0 Å². The highest BCUT2D eigenvalue weighted by Gasteiger charge is 2.35. The van der Waals surface area contributed by atoms with E-state index in [1.54, 1.807) is 9.80 Å². The van der Waals surface area contributed by atoms with Crippen LogP contribution in [0, 0.1) is 5.92 Å². The average Bonchev–Trinajstić information content (AvgIpc) is 2.35. The van der Waals surface area contributed by atoms with Gasteiger partial charge in [-0.05, 0) is 39.2 Å². The molecule has 1 saturated heterocycles. The smallest absolute Gasteiger partial charge is 0.321 e. The van der Waals surface area contributed by atoms with E-state index in [0.717, 1.165) is 18.4 Å². The number of likely N-dealkylation sites (N-methyl/N-ethyl adjacent to an activating group) is 1. The molecule has 1 aliphatic rings. The number of nitrogens with zero attached hydrogens (tertiary/aromatic N) is 2. The van der Waals surface area contributed by atoms with Crippen molar-refractivity contribution in [1.82, 2.24) is 9.80 Å². The van der Waals surface area contributed by atoms with Gasteiger partial charge in [0, 0.05) is 13.1 Å². The first-order chi connectivity index (χ1) is 9.36. The van der Waals surface area contributed by atoms with E-state index in [9.17, 15) is 14.7 Å². The van der Waals surface area contributed by atoms with Crippen molar-refractivity contribution < 1.29 is 14.7 Å². The Morgan fingerprint density at radius 1 is 1.45 bits per heavy atom. The summed E-state index contributed by atoms with van der Waals surface area (Å²) in [5.74, 6) is -0.755. The number of aliphatic carboxylic acids is 1. The number of hydrogen-bond donors (Lipinski definition) is 1. The third-order valence-electron chi connectivity index (χ3n) is 3.82. The van der Waals surface area contributed by atoms with Crippen LogP contribution in [0.3, 0.4) is 0 Å². The number of carboxylic acid groups (broad SMARTS) is 1. The summed E-state index contributed by atoms with van der Waals surface area (Å²) >= 11 is 0. The molecule has 5 nitrogen and oxygen atoms in total. The number of carboxylic acids is 1. The van der Waals surface area contributed by atoms with Gasteiger partial charge in [0.2, 0.25) is 5.91 Å². The fourth-order valence-corrected chi connectivity index (χ4v) is 2.83. The highest BCUT2D eigenvalue weighted by molar-refractivity contribution is 5.80. The first kappa shape index (κ1) is 16.7. The zero-order chi connectivity index (χ0) is 15.3. The second kappa shape index (κ2) is 7.43. The minimum Gasteiger partial charge on any atom is -0.480 e. The number of hydrogen-bond acceptors (Lipinski definition) is 3. The van der Waals surface area contributed by atoms with Gasteiger partial charge in [-0.2, -0.15) is 0 Å². The minimum absolute atomic E-state index is 0.0177. The van der Waals surface area contributed by atoms with Gasteiger partial charge in [-0.3, -0.25) is 14.5 Å². The van der Waals surface area contributed by atoms with Crippen LogP contribution in [0.25, 0.3) is 0 Å². The molecule has 0 spiro atoms. The van der Waals surface area contributed by atoms with Crippen LogP contribution < -0.4 is 0 Å². The summed E-state index contributed by atoms with van der Waals surface area (Å²) < 4.78 is 0. The number of likely N-dealkylation sites (tertiary alicyclic amines) is 1. The van der Waals surface area contributed by atoms with E-state index in [2.05, 4.69) is 6.58 Å². The summed E-state index contributed by atoms with van der Waals surface area (Å²) in [6.07, 6.45) is 1.86. The third-order valence-corrected chi connectivity index (χ3v) is 3.82. The highest BCUT2D eigenvalue weighted by Crippen LogP contribution is 2.23. The Morgan fingerprint density at radius 3 is 2.60 bits per heavy atom. The fraction of sp³-hybridized carbons (Fsp3) is 0.733. The molecule has 0 aliphatic carbocycles. The molecule has 5 heteroatoms. The van der Waals surface area contributed by atoms with Crippen molar-refractivity contribution in [2.45, 2.75) is 39.7 Å². The van der Waals surface area contributed by atoms with E-state index in [-0.39, 0.29) is 18.4 Å². The second-order valence-electron chi connectivity index (χ2n) is 5.74. The molecule has 0 saturated carbocycles. The van der Waals surface area contributed by atoms with Gasteiger partial charge in [0.15, 0.2) is 0 Å². The molecule has 0 aromatic heterocycles. The molecule has 0 bridgehead atoms. The Hall–Kier alpha value is -1.36. The number of rotatable bonds is 6. The molecular formula is C15H26N2O3. The molecule has 2 unspecified atom stereocenters. The molecule has 1 aliphatic heterocycles. The molecule has 0 radical (unpaired) electrons. The van der Waals surface area contributed by atoms with Crippen LogP contribution in [-0.2, 0) is 9.59 Å². The van der Waals surface area contributed by atoms with Crippen molar-refractivity contribution in [2.75, 3.05) is 26.2 Å². The van der Waals surface area contributed by atoms with Gasteiger partial charge >= 0.3 is 5.97 Å². The molecule has 114 valence electrons. The molecule has 1 heterocycles. The normalized spacial score (nSPS) is 23.4. The van der Waals surface area contributed by atoms with E-state index in [1.165, 1.54) is 0 Å². The first-order valence-corrected chi connectivity index (χ1v) is 7.25. The van der Waals surface area contributed by atoms with E-state index >= 15 is 0 Å². The first-order valence-electron chi connectivity index (χ1n) is 7.25. The van der Waals surface area contributed by atoms with Crippen LogP contribution in [0.2, 0.25) is 0 Å². The molecule has 2 atom stereocenters. The Bertz CT molecular complexity index is 381. The molecule has 1 amide bonds. The lowest BCUT2D eigenvalue weighted by atomic mass is 9.91. The lowest BCUT2D eigenvalue weighted by Gasteiger charge is -2.37. The van der Waals surface area contributed by atoms with Gasteiger partial charge in [0.1, 0.15) is 6.04 Å². The van der Waals surface area contributed by atoms with Gasteiger partial charge in [0.05, 0.1) is 6.54 Å². The molecule has 1 N–H and O–H groups in total. The number of amides is 1. The van der Waals surface area contributed by atoms with Crippen LogP contribution in [0.15, 0.2) is 12.2 Å². The van der Waals surface area contributed by atoms with E-state index in [0.29, 0.717) is 19.6 Å². The standard InChI is InChI=1S/C15H26N2O3/c1-5-16(9-11(2)3)13(18)10-17-8-6-7-12(4)14(17)15(19)20/h12,14H,2,5-10H2,1,3-4H3,(H,19,20). The van der Waals surface area contributed by atoms with Gasteiger partial charge in [0.25, 0.3) is 0 Å². The second-order valence-corrected chi connectivity index (χ2v) is 5.74. The van der Waals surface area contributed by atoms with E-state index < -0.39 is 12.0 Å². The van der Waals surface area contributed by atoms with Crippen LogP contribution in [0.5, 0.6) is 0 Å². The summed E-state index contributed by atoms with van der Waals surface area (Å²) in [5.41, 5.74) is 0.932. The van der Waals surface area contributed by atoms with Crippen molar-refractivity contribution in [3.8, 4) is 0 Å². The summed E-state index contributed by atoms with van der Waals surface area (Å²) in [6, 6.07) is -0.545. The largest absolute Gasteiger partial charge is 0.480 e. The van der Waals surface area contributed by atoms with Crippen molar-refractivity contribution in [1.29, 1.82) is 0 Å². The lowest BCUT2D eigenvalue weighted by Crippen LogP contribution is -2.53. The SMILES string of the molecule is C=C(C)CN(CC)C(=O)CN1CCCC(C)C1C(=O)O. The topological polar surface area (TPSA) is 60.9 Å². The summed E-state index contributed by atoms with van der Waals surface area (Å²) in [7, 11) is 0. The van der Waals surface area contributed by atoms with E-state index in [1.807, 2.05) is 20.8 Å². The van der Waals surface area contributed by atoms with Crippen molar-refractivity contribution in [3.63, 3.8) is 0 Å². The molecular weight excluding hydrogens is 256 g/mol. The Balaban J connectivity index is 2.71. The maximum absolute atomic E-state index is 12.3. The lowest BCUT2D eigenvalue weighted by molar-refractivity contribution is -0.148. The maximum Gasteiger partial charge on any atom is 0.321 e. The Kier molecular flexibility index (Phi) is 6.20. The zero-order valence-electron chi connectivity index (χ0n) is 12.8. The average molecular weight is 282 g/mol. The maximum atomic E-state index is 12.3. The fourth-order valence-electron chi connectivity index (χ4n) is 2.83. The zero-order valence-corrected chi connectivity index (χ0v) is 12.8. The molecule has 20 heavy (non-hydrogen) atoms. The van der Waals surface area contributed by atoms with Crippen molar-refractivity contribution in [3.05, 3.63) is 12.2 Å². The minimum atomic E-state index is -0.826. The Morgan fingerprint density at radius 2 is 2.10 bits per heavy atom. The summed E-state index contributed by atoms with van der Waals surface area (Å²) in [6.45, 7) is 11.6. The molecule has 0 aromatic rings. The number of piperidine rings is 1. The third kappa shape index (κ3) is 4.34. The Labute approximate surface area is 121 Å². The predicted octanol–water partition coefficient (Wildman–Crippen LogP) is 1.60. The van der Waals surface area contributed by atoms with Crippen LogP contribution in [0.1, 0.15) is 33.6 Å². The van der Waals surface area contributed by atoms with Gasteiger partial charge in [-0.25, -0.2) is 0 Å². The van der Waals surface area contributed by atoms with Gasteiger partial charge < -0.3 is 10.0 Å². The molecule has 1 fully saturated rings. The number of carbonyl (C=O) groups is 2. The monoisotopic (exact) mass is 282 g/mol. The quantitative estimate of drug-likeness (QED) is 0.752. The van der Waals surface area contributed by atoms with Crippen molar-refractivity contribution in [2.24, 2.45) is 5.92 Å². The summed E-state index contributed by atoms with van der Waals surface area (Å²) in [4.78, 5) is 27.2. The van der Waals surface area contributed by atoms with Gasteiger partial charge in [-0.15, -0.1) is 0 Å². The predicted molar refractivity (Wildman–Crippen MR) is 78.5 cm³/mol. The van der Waals surface area contributed by atoms with Gasteiger partial charge in [-0.1, -0.05) is 19.1 Å². The number of carbonyl (C=O) groups excluding carboxylic acids is 1. The van der Waals surface area contributed by atoms with Crippen molar-refractivity contribution >= 4 is 11.9 Å². The van der Waals surface area contributed by atoms with Crippen LogP contribution in [0.4, 0.5) is 0 Å².